The van der Waals surface area contributed by atoms with Gasteiger partial charge >= 0.3 is 0 Å². The van der Waals surface area contributed by atoms with E-state index in [0.29, 0.717) is 12.6 Å². The largest absolute Gasteiger partial charge is 0.384 e. The first-order chi connectivity index (χ1) is 8.60. The average molecular weight is 285 g/mol. The monoisotopic (exact) mass is 285 g/mol. The molecular weight excluding hydrogens is 258 g/mol. The summed E-state index contributed by atoms with van der Waals surface area (Å²) in [6.07, 6.45) is 3.58. The van der Waals surface area contributed by atoms with E-state index in [2.05, 4.69) is 38.1 Å². The Morgan fingerprint density at radius 1 is 1.42 bits per heavy atom. The zero-order valence-corrected chi connectivity index (χ0v) is 13.7. The van der Waals surface area contributed by atoms with Crippen LogP contribution in [-0.2, 0) is 12.6 Å². The lowest BCUT2D eigenvalue weighted by atomic mass is 9.99. The van der Waals surface area contributed by atoms with Gasteiger partial charge in [-0.05, 0) is 13.8 Å². The van der Waals surface area contributed by atoms with Crippen LogP contribution in [0.25, 0.3) is 0 Å². The van der Waals surface area contributed by atoms with Crippen molar-refractivity contribution in [2.45, 2.75) is 51.0 Å². The van der Waals surface area contributed by atoms with Gasteiger partial charge in [0, 0.05) is 41.9 Å². The van der Waals surface area contributed by atoms with E-state index in [-0.39, 0.29) is 4.75 Å². The quantitative estimate of drug-likeness (QED) is 0.841. The molecule has 2 unspecified atom stereocenters. The minimum atomic E-state index is -0.880. The molecule has 2 N–H and O–H groups in total. The molecule has 0 aromatic carbocycles. The van der Waals surface area contributed by atoms with Crippen molar-refractivity contribution in [1.29, 1.82) is 0 Å². The van der Waals surface area contributed by atoms with Gasteiger partial charge in [-0.1, -0.05) is 20.8 Å². The summed E-state index contributed by atoms with van der Waals surface area (Å²) in [5.41, 5.74) is -0.0345. The van der Waals surface area contributed by atoms with E-state index in [0.717, 1.165) is 11.3 Å². The lowest BCUT2D eigenvalue weighted by molar-refractivity contribution is 0.0550. The van der Waals surface area contributed by atoms with E-state index in [4.69, 9.17) is 0 Å². The van der Waals surface area contributed by atoms with E-state index >= 15 is 0 Å². The van der Waals surface area contributed by atoms with Gasteiger partial charge in [0.05, 0.1) is 6.20 Å². The van der Waals surface area contributed by atoms with E-state index in [1.165, 1.54) is 0 Å². The molecule has 0 radical (unpaired) electrons. The Morgan fingerprint density at radius 2 is 2.05 bits per heavy atom. The third-order valence-corrected chi connectivity index (χ3v) is 4.42. The predicted octanol–water partition coefficient (Wildman–Crippen LogP) is 2.14. The van der Waals surface area contributed by atoms with Crippen molar-refractivity contribution in [1.82, 2.24) is 15.1 Å². The lowest BCUT2D eigenvalue weighted by Crippen LogP contribution is -2.40. The standard InChI is InChI=1S/C14H27N3OS/c1-11(9-19-13(2,3)4)15-10-14(5,18)12-7-16-17(6)8-12/h7-8,11,15,18H,9-10H2,1-6H3. The molecule has 0 aliphatic carbocycles. The summed E-state index contributed by atoms with van der Waals surface area (Å²) in [6.45, 7) is 11.2. The Labute approximate surface area is 121 Å². The number of hydrogen-bond acceptors (Lipinski definition) is 4. The van der Waals surface area contributed by atoms with Crippen molar-refractivity contribution < 1.29 is 5.11 Å². The lowest BCUT2D eigenvalue weighted by Gasteiger charge is -2.26. The average Bonchev–Trinajstić information content (AvgIpc) is 2.70. The number of nitrogens with one attached hydrogen (secondary N) is 1. The summed E-state index contributed by atoms with van der Waals surface area (Å²) in [5.74, 6) is 1.03. The number of thioether (sulfide) groups is 1. The minimum Gasteiger partial charge on any atom is -0.384 e. The fraction of sp³-hybridized carbons (Fsp3) is 0.786. The van der Waals surface area contributed by atoms with Crippen LogP contribution in [0.3, 0.4) is 0 Å². The van der Waals surface area contributed by atoms with Gasteiger partial charge < -0.3 is 10.4 Å². The normalized spacial score (nSPS) is 17.2. The number of nitrogens with zero attached hydrogens (tertiary/aromatic N) is 2. The van der Waals surface area contributed by atoms with Gasteiger partial charge in [0.1, 0.15) is 5.60 Å². The molecule has 0 spiro atoms. The van der Waals surface area contributed by atoms with Crippen molar-refractivity contribution in [2.24, 2.45) is 7.05 Å². The van der Waals surface area contributed by atoms with E-state index in [1.54, 1.807) is 10.9 Å². The van der Waals surface area contributed by atoms with Crippen LogP contribution in [0.15, 0.2) is 12.4 Å². The number of rotatable bonds is 6. The molecule has 0 fully saturated rings. The Morgan fingerprint density at radius 3 is 2.53 bits per heavy atom. The van der Waals surface area contributed by atoms with E-state index in [9.17, 15) is 5.11 Å². The Balaban J connectivity index is 2.43. The van der Waals surface area contributed by atoms with Crippen LogP contribution in [0.1, 0.15) is 40.2 Å². The maximum Gasteiger partial charge on any atom is 0.102 e. The van der Waals surface area contributed by atoms with Crippen molar-refractivity contribution in [3.8, 4) is 0 Å². The SMILES string of the molecule is CC(CSC(C)(C)C)NCC(C)(O)c1cnn(C)c1. The smallest absolute Gasteiger partial charge is 0.102 e. The molecule has 19 heavy (non-hydrogen) atoms. The number of aromatic nitrogens is 2. The molecule has 0 saturated heterocycles. The molecular formula is C14H27N3OS. The first-order valence-corrected chi connectivity index (χ1v) is 7.67. The molecule has 0 saturated carbocycles. The molecule has 4 nitrogen and oxygen atoms in total. The Bertz CT molecular complexity index is 396. The number of aryl methyl sites for hydroxylation is 1. The minimum absolute atomic E-state index is 0.280. The van der Waals surface area contributed by atoms with Crippen molar-refractivity contribution >= 4 is 11.8 Å². The third kappa shape index (κ3) is 5.97. The van der Waals surface area contributed by atoms with Crippen LogP contribution in [0.2, 0.25) is 0 Å². The Kier molecular flexibility index (Phi) is 5.47. The van der Waals surface area contributed by atoms with Crippen molar-refractivity contribution in [3.05, 3.63) is 18.0 Å². The van der Waals surface area contributed by atoms with Crippen LogP contribution >= 0.6 is 11.8 Å². The second-order valence-electron chi connectivity index (χ2n) is 6.38. The predicted molar refractivity (Wildman–Crippen MR) is 82.5 cm³/mol. The van der Waals surface area contributed by atoms with Crippen LogP contribution in [0.5, 0.6) is 0 Å². The van der Waals surface area contributed by atoms with Crippen LogP contribution in [0.4, 0.5) is 0 Å². The zero-order chi connectivity index (χ0) is 14.7. The van der Waals surface area contributed by atoms with Gasteiger partial charge in [0.25, 0.3) is 0 Å². The Hall–Kier alpha value is -0.520. The van der Waals surface area contributed by atoms with Crippen LogP contribution < -0.4 is 5.32 Å². The van der Waals surface area contributed by atoms with Crippen LogP contribution in [0, 0.1) is 0 Å². The summed E-state index contributed by atoms with van der Waals surface area (Å²) in [5, 5.41) is 18.0. The fourth-order valence-corrected chi connectivity index (χ4v) is 2.48. The fourth-order valence-electron chi connectivity index (χ4n) is 1.61. The van der Waals surface area contributed by atoms with E-state index in [1.807, 2.05) is 31.9 Å². The highest BCUT2D eigenvalue weighted by atomic mass is 32.2. The summed E-state index contributed by atoms with van der Waals surface area (Å²) in [4.78, 5) is 0. The third-order valence-electron chi connectivity index (χ3n) is 2.89. The maximum absolute atomic E-state index is 10.5. The van der Waals surface area contributed by atoms with Gasteiger partial charge in [-0.25, -0.2) is 0 Å². The molecule has 110 valence electrons. The highest BCUT2D eigenvalue weighted by molar-refractivity contribution is 8.00. The second-order valence-corrected chi connectivity index (χ2v) is 8.23. The highest BCUT2D eigenvalue weighted by Crippen LogP contribution is 2.24. The molecule has 0 amide bonds. The summed E-state index contributed by atoms with van der Waals surface area (Å²) >= 11 is 1.93. The molecule has 2 atom stereocenters. The molecule has 1 rings (SSSR count). The maximum atomic E-state index is 10.5. The molecule has 0 aliphatic rings. The van der Waals surface area contributed by atoms with Gasteiger partial charge in [0.15, 0.2) is 0 Å². The summed E-state index contributed by atoms with van der Waals surface area (Å²) < 4.78 is 1.99. The summed E-state index contributed by atoms with van der Waals surface area (Å²) in [6, 6.07) is 0.368. The van der Waals surface area contributed by atoms with Gasteiger partial charge in [-0.3, -0.25) is 4.68 Å². The number of aliphatic hydroxyl groups is 1. The second kappa shape index (κ2) is 6.29. The first kappa shape index (κ1) is 16.5. The molecule has 1 aromatic heterocycles. The highest BCUT2D eigenvalue weighted by Gasteiger charge is 2.25. The molecule has 1 heterocycles. The molecule has 0 aliphatic heterocycles. The van der Waals surface area contributed by atoms with Crippen molar-refractivity contribution in [3.63, 3.8) is 0 Å². The number of hydrogen-bond donors (Lipinski definition) is 2. The zero-order valence-electron chi connectivity index (χ0n) is 12.9. The van der Waals surface area contributed by atoms with Crippen molar-refractivity contribution in [2.75, 3.05) is 12.3 Å². The molecule has 0 bridgehead atoms. The molecule has 5 heteroatoms. The first-order valence-electron chi connectivity index (χ1n) is 6.69. The van der Waals surface area contributed by atoms with Gasteiger partial charge in [0.2, 0.25) is 0 Å². The van der Waals surface area contributed by atoms with Gasteiger partial charge in [-0.2, -0.15) is 16.9 Å². The topological polar surface area (TPSA) is 50.1 Å². The van der Waals surface area contributed by atoms with E-state index < -0.39 is 5.60 Å². The molecule has 1 aromatic rings. The van der Waals surface area contributed by atoms with Gasteiger partial charge in [-0.15, -0.1) is 0 Å². The summed E-state index contributed by atoms with van der Waals surface area (Å²) in [7, 11) is 1.86. The van der Waals surface area contributed by atoms with Crippen LogP contribution in [-0.4, -0.2) is 38.0 Å².